The van der Waals surface area contributed by atoms with Crippen LogP contribution in [-0.4, -0.2) is 38.3 Å². The van der Waals surface area contributed by atoms with Crippen molar-refractivity contribution in [1.29, 1.82) is 0 Å². The number of nitrogens with zero attached hydrogens (tertiary/aromatic N) is 1. The van der Waals surface area contributed by atoms with E-state index in [1.54, 1.807) is 12.1 Å². The standard InChI is InChI=1S/C21H24Cl2N2O2S/c22-18-5-6-19(23)20(13-18)28(26,27)21(16-7-10-24-11-8-16)25-12-9-15-3-1-2-4-17(15)14-25/h1-6,13,16,21,24H,7-12,14H2. The molecule has 1 saturated heterocycles. The first kappa shape index (κ1) is 20.2. The van der Waals surface area contributed by atoms with Crippen LogP contribution in [0.1, 0.15) is 24.0 Å². The second kappa shape index (κ2) is 8.33. The predicted octanol–water partition coefficient (Wildman–Crippen LogP) is 4.15. The number of piperidine rings is 1. The topological polar surface area (TPSA) is 49.4 Å². The molecular formula is C21H24Cl2N2O2S. The Morgan fingerprint density at radius 1 is 1.04 bits per heavy atom. The van der Waals surface area contributed by atoms with Crippen LogP contribution >= 0.6 is 23.2 Å². The highest BCUT2D eigenvalue weighted by Gasteiger charge is 2.41. The molecule has 2 aromatic rings. The Morgan fingerprint density at radius 2 is 1.75 bits per heavy atom. The van der Waals surface area contributed by atoms with E-state index in [0.717, 1.165) is 38.9 Å². The van der Waals surface area contributed by atoms with Gasteiger partial charge in [-0.15, -0.1) is 0 Å². The normalized spacial score (nSPS) is 19.9. The van der Waals surface area contributed by atoms with Crippen LogP contribution in [0.3, 0.4) is 0 Å². The molecule has 0 bridgehead atoms. The second-order valence-corrected chi connectivity index (χ2v) is 10.4. The molecule has 0 aromatic heterocycles. The van der Waals surface area contributed by atoms with E-state index in [0.29, 0.717) is 11.6 Å². The fourth-order valence-corrected chi connectivity index (χ4v) is 7.36. The molecule has 2 aliphatic heterocycles. The van der Waals surface area contributed by atoms with Gasteiger partial charge in [-0.05, 0) is 67.6 Å². The van der Waals surface area contributed by atoms with E-state index in [-0.39, 0.29) is 15.8 Å². The number of fused-ring (bicyclic) bond motifs is 1. The lowest BCUT2D eigenvalue weighted by Gasteiger charge is -2.40. The molecule has 1 N–H and O–H groups in total. The summed E-state index contributed by atoms with van der Waals surface area (Å²) in [5.74, 6) is 0.0616. The SMILES string of the molecule is O=S(=O)(c1cc(Cl)ccc1Cl)C(C1CCNCC1)N1CCc2ccccc2C1. The maximum atomic E-state index is 13.8. The second-order valence-electron chi connectivity index (χ2n) is 7.59. The monoisotopic (exact) mass is 438 g/mol. The van der Waals surface area contributed by atoms with E-state index in [9.17, 15) is 8.42 Å². The summed E-state index contributed by atoms with van der Waals surface area (Å²) < 4.78 is 27.6. The van der Waals surface area contributed by atoms with Gasteiger partial charge in [0.05, 0.1) is 9.92 Å². The molecule has 4 rings (SSSR count). The van der Waals surface area contributed by atoms with Crippen molar-refractivity contribution in [2.24, 2.45) is 5.92 Å². The molecule has 0 amide bonds. The highest BCUT2D eigenvalue weighted by molar-refractivity contribution is 7.92. The van der Waals surface area contributed by atoms with E-state index in [4.69, 9.17) is 23.2 Å². The molecule has 0 radical (unpaired) electrons. The van der Waals surface area contributed by atoms with E-state index in [1.165, 1.54) is 17.2 Å². The smallest absolute Gasteiger partial charge is 0.196 e. The maximum absolute atomic E-state index is 13.8. The van der Waals surface area contributed by atoms with Crippen LogP contribution in [0.5, 0.6) is 0 Å². The van der Waals surface area contributed by atoms with Crippen LogP contribution in [-0.2, 0) is 22.8 Å². The summed E-state index contributed by atoms with van der Waals surface area (Å²) in [6.07, 6.45) is 2.52. The first-order valence-corrected chi connectivity index (χ1v) is 12.0. The Bertz CT molecular complexity index is 959. The lowest BCUT2D eigenvalue weighted by Crippen LogP contribution is -2.50. The Kier molecular flexibility index (Phi) is 6.00. The van der Waals surface area contributed by atoms with Gasteiger partial charge in [0.2, 0.25) is 0 Å². The highest BCUT2D eigenvalue weighted by atomic mass is 35.5. The molecular weight excluding hydrogens is 415 g/mol. The number of sulfone groups is 1. The number of hydrogen-bond acceptors (Lipinski definition) is 4. The highest BCUT2D eigenvalue weighted by Crippen LogP contribution is 2.36. The van der Waals surface area contributed by atoms with Crippen LogP contribution in [0.4, 0.5) is 0 Å². The van der Waals surface area contributed by atoms with Gasteiger partial charge in [-0.1, -0.05) is 47.5 Å². The summed E-state index contributed by atoms with van der Waals surface area (Å²) in [4.78, 5) is 2.27. The molecule has 2 aliphatic rings. The quantitative estimate of drug-likeness (QED) is 0.778. The van der Waals surface area contributed by atoms with Gasteiger partial charge in [-0.2, -0.15) is 0 Å². The van der Waals surface area contributed by atoms with Crippen LogP contribution in [0.2, 0.25) is 10.0 Å². The molecule has 1 atom stereocenters. The molecule has 7 heteroatoms. The van der Waals surface area contributed by atoms with Gasteiger partial charge in [-0.25, -0.2) is 8.42 Å². The largest absolute Gasteiger partial charge is 0.317 e. The van der Waals surface area contributed by atoms with Crippen molar-refractivity contribution >= 4 is 33.0 Å². The summed E-state index contributed by atoms with van der Waals surface area (Å²) in [6, 6.07) is 13.0. The third kappa shape index (κ3) is 3.96. The molecule has 150 valence electrons. The summed E-state index contributed by atoms with van der Waals surface area (Å²) >= 11 is 12.4. The third-order valence-corrected chi connectivity index (χ3v) is 8.77. The van der Waals surface area contributed by atoms with Crippen molar-refractivity contribution in [3.8, 4) is 0 Å². The molecule has 2 heterocycles. The summed E-state index contributed by atoms with van der Waals surface area (Å²) in [5, 5.41) is 3.36. The predicted molar refractivity (Wildman–Crippen MR) is 114 cm³/mol. The van der Waals surface area contributed by atoms with Crippen LogP contribution in [0.15, 0.2) is 47.4 Å². The number of benzene rings is 2. The van der Waals surface area contributed by atoms with Crippen molar-refractivity contribution in [1.82, 2.24) is 10.2 Å². The molecule has 0 saturated carbocycles. The molecule has 2 aromatic carbocycles. The number of nitrogens with one attached hydrogen (secondary N) is 1. The molecule has 28 heavy (non-hydrogen) atoms. The Morgan fingerprint density at radius 3 is 2.50 bits per heavy atom. The number of hydrogen-bond donors (Lipinski definition) is 1. The summed E-state index contributed by atoms with van der Waals surface area (Å²) in [5.41, 5.74) is 2.51. The van der Waals surface area contributed by atoms with Gasteiger partial charge >= 0.3 is 0 Å². The molecule has 0 aliphatic carbocycles. The zero-order valence-corrected chi connectivity index (χ0v) is 17.9. The number of rotatable bonds is 4. The van der Waals surface area contributed by atoms with Crippen LogP contribution in [0.25, 0.3) is 0 Å². The number of halogens is 2. The van der Waals surface area contributed by atoms with E-state index >= 15 is 0 Å². The fourth-order valence-electron chi connectivity index (χ4n) is 4.44. The van der Waals surface area contributed by atoms with Gasteiger partial charge in [0.15, 0.2) is 9.84 Å². The minimum absolute atomic E-state index is 0.0616. The third-order valence-electron chi connectivity index (χ3n) is 5.82. The Hall–Kier alpha value is -1.11. The van der Waals surface area contributed by atoms with Gasteiger partial charge < -0.3 is 5.32 Å². The maximum Gasteiger partial charge on any atom is 0.196 e. The average molecular weight is 439 g/mol. The van der Waals surface area contributed by atoms with Crippen LogP contribution < -0.4 is 5.32 Å². The van der Waals surface area contributed by atoms with Crippen molar-refractivity contribution < 1.29 is 8.42 Å². The van der Waals surface area contributed by atoms with Gasteiger partial charge in [0, 0.05) is 18.1 Å². The van der Waals surface area contributed by atoms with Gasteiger partial charge in [0.1, 0.15) is 5.37 Å². The first-order chi connectivity index (χ1) is 13.5. The lowest BCUT2D eigenvalue weighted by molar-refractivity contribution is 0.159. The first-order valence-electron chi connectivity index (χ1n) is 9.67. The lowest BCUT2D eigenvalue weighted by atomic mass is 9.94. The van der Waals surface area contributed by atoms with Crippen molar-refractivity contribution in [2.45, 2.75) is 36.1 Å². The summed E-state index contributed by atoms with van der Waals surface area (Å²) in [6.45, 7) is 3.04. The van der Waals surface area contributed by atoms with Crippen molar-refractivity contribution in [3.63, 3.8) is 0 Å². The van der Waals surface area contributed by atoms with Gasteiger partial charge in [0.25, 0.3) is 0 Å². The molecule has 1 unspecified atom stereocenters. The van der Waals surface area contributed by atoms with Gasteiger partial charge in [-0.3, -0.25) is 4.90 Å². The van der Waals surface area contributed by atoms with Crippen molar-refractivity contribution in [3.05, 3.63) is 63.6 Å². The van der Waals surface area contributed by atoms with E-state index < -0.39 is 15.2 Å². The summed E-state index contributed by atoms with van der Waals surface area (Å²) in [7, 11) is -3.67. The Balaban J connectivity index is 1.75. The zero-order chi connectivity index (χ0) is 19.7. The van der Waals surface area contributed by atoms with E-state index in [2.05, 4.69) is 22.3 Å². The minimum Gasteiger partial charge on any atom is -0.317 e. The molecule has 4 nitrogen and oxygen atoms in total. The zero-order valence-electron chi connectivity index (χ0n) is 15.6. The van der Waals surface area contributed by atoms with Crippen molar-refractivity contribution in [2.75, 3.05) is 19.6 Å². The van der Waals surface area contributed by atoms with E-state index in [1.807, 2.05) is 12.1 Å². The fraction of sp³-hybridized carbons (Fsp3) is 0.429. The molecule has 0 spiro atoms. The minimum atomic E-state index is -3.67. The molecule has 1 fully saturated rings. The van der Waals surface area contributed by atoms with Crippen LogP contribution in [0, 0.1) is 5.92 Å². The Labute approximate surface area is 176 Å². The average Bonchev–Trinajstić information content (AvgIpc) is 2.70.